The molecule has 3 bridgehead atoms. The number of anilines is 1. The first kappa shape index (κ1) is 18.2. The molecule has 0 radical (unpaired) electrons. The lowest BCUT2D eigenvalue weighted by Crippen LogP contribution is -2.38. The molecule has 8 nitrogen and oxygen atoms in total. The second-order valence-electron chi connectivity index (χ2n) is 8.92. The monoisotopic (exact) mass is 456 g/mol. The largest absolute Gasteiger partial charge is 0.463 e. The van der Waals surface area contributed by atoms with Crippen LogP contribution in [-0.2, 0) is 17.7 Å². The number of imidazole rings is 1. The van der Waals surface area contributed by atoms with Gasteiger partial charge in [-0.05, 0) is 36.5 Å². The van der Waals surface area contributed by atoms with Gasteiger partial charge < -0.3 is 4.74 Å². The van der Waals surface area contributed by atoms with E-state index in [4.69, 9.17) is 19.5 Å². The Labute approximate surface area is 193 Å². The van der Waals surface area contributed by atoms with Crippen LogP contribution >= 0.6 is 11.3 Å². The van der Waals surface area contributed by atoms with Gasteiger partial charge in [0, 0.05) is 47.3 Å². The predicted octanol–water partition coefficient (Wildman–Crippen LogP) is 4.23. The molecule has 1 N–H and O–H groups in total. The highest BCUT2D eigenvalue weighted by Gasteiger charge is 2.40. The van der Waals surface area contributed by atoms with E-state index in [-0.39, 0.29) is 6.29 Å². The molecule has 33 heavy (non-hydrogen) atoms. The number of fused-ring (bicyclic) bond motifs is 8. The minimum absolute atomic E-state index is 0.348. The molecule has 0 saturated carbocycles. The quantitative estimate of drug-likeness (QED) is 0.494. The maximum atomic E-state index is 6.25. The summed E-state index contributed by atoms with van der Waals surface area (Å²) < 4.78 is 7.85. The third-order valence-corrected chi connectivity index (χ3v) is 8.15. The van der Waals surface area contributed by atoms with Crippen LogP contribution in [0.2, 0.25) is 0 Å². The van der Waals surface area contributed by atoms with Gasteiger partial charge in [-0.3, -0.25) is 9.99 Å². The molecule has 2 atom stereocenters. The van der Waals surface area contributed by atoms with Crippen molar-refractivity contribution in [2.45, 2.75) is 37.9 Å². The zero-order valence-corrected chi connectivity index (χ0v) is 18.5. The first-order chi connectivity index (χ1) is 16.3. The van der Waals surface area contributed by atoms with Crippen LogP contribution in [0.3, 0.4) is 0 Å². The Morgan fingerprint density at radius 2 is 2.21 bits per heavy atom. The van der Waals surface area contributed by atoms with E-state index in [0.29, 0.717) is 18.4 Å². The minimum atomic E-state index is -0.348. The molecule has 5 heterocycles. The molecule has 8 rings (SSSR count). The Morgan fingerprint density at radius 3 is 3.15 bits per heavy atom. The normalized spacial score (nSPS) is 22.7. The Morgan fingerprint density at radius 1 is 1.21 bits per heavy atom. The van der Waals surface area contributed by atoms with Gasteiger partial charge >= 0.3 is 0 Å². The maximum absolute atomic E-state index is 6.25. The fourth-order valence-electron chi connectivity index (χ4n) is 5.40. The van der Waals surface area contributed by atoms with Crippen molar-refractivity contribution in [3.05, 3.63) is 64.6 Å². The number of thiophene rings is 1. The van der Waals surface area contributed by atoms with Crippen molar-refractivity contribution < 1.29 is 9.57 Å². The smallest absolute Gasteiger partial charge is 0.238 e. The molecule has 0 amide bonds. The molecule has 4 aliphatic rings. The van der Waals surface area contributed by atoms with Gasteiger partial charge in [-0.1, -0.05) is 23.4 Å². The third-order valence-electron chi connectivity index (χ3n) is 6.95. The van der Waals surface area contributed by atoms with E-state index in [2.05, 4.69) is 34.7 Å². The first-order valence-corrected chi connectivity index (χ1v) is 12.1. The fraction of sp³-hybridized carbons (Fsp3) is 0.292. The van der Waals surface area contributed by atoms with E-state index in [1.165, 1.54) is 33.6 Å². The lowest BCUT2D eigenvalue weighted by Gasteiger charge is -2.28. The van der Waals surface area contributed by atoms with E-state index in [1.807, 2.05) is 10.8 Å². The van der Waals surface area contributed by atoms with E-state index < -0.39 is 0 Å². The molecular weight excluding hydrogens is 436 g/mol. The molecular formula is C24H20N6O2S. The van der Waals surface area contributed by atoms with Crippen LogP contribution in [0.25, 0.3) is 21.7 Å². The van der Waals surface area contributed by atoms with E-state index in [1.54, 1.807) is 29.0 Å². The molecule has 0 spiro atoms. The van der Waals surface area contributed by atoms with Gasteiger partial charge in [0.1, 0.15) is 16.9 Å². The van der Waals surface area contributed by atoms with Crippen LogP contribution in [0.1, 0.15) is 40.3 Å². The number of ether oxygens (including phenoxy) is 1. The first-order valence-electron chi connectivity index (χ1n) is 11.3. The van der Waals surface area contributed by atoms with Crippen molar-refractivity contribution in [2.75, 3.05) is 12.0 Å². The van der Waals surface area contributed by atoms with Crippen LogP contribution in [0.5, 0.6) is 5.75 Å². The van der Waals surface area contributed by atoms with Crippen LogP contribution in [0.15, 0.2) is 43.0 Å². The Kier molecular flexibility index (Phi) is 3.65. The fourth-order valence-corrected chi connectivity index (χ4v) is 6.74. The summed E-state index contributed by atoms with van der Waals surface area (Å²) in [5, 5.41) is 2.87. The summed E-state index contributed by atoms with van der Waals surface area (Å²) >= 11 is 1.79. The molecule has 2 unspecified atom stereocenters. The molecule has 2 aliphatic heterocycles. The number of aromatic nitrogens is 4. The zero-order valence-electron chi connectivity index (χ0n) is 17.7. The lowest BCUT2D eigenvalue weighted by molar-refractivity contribution is -0.234. The summed E-state index contributed by atoms with van der Waals surface area (Å²) in [4.78, 5) is 22.7. The Bertz CT molecular complexity index is 1460. The number of rotatable bonds is 3. The number of hydrogen-bond donors (Lipinski definition) is 1. The van der Waals surface area contributed by atoms with E-state index in [9.17, 15) is 0 Å². The highest BCUT2D eigenvalue weighted by molar-refractivity contribution is 7.19. The van der Waals surface area contributed by atoms with Gasteiger partial charge in [0.05, 0.1) is 5.39 Å². The van der Waals surface area contributed by atoms with Gasteiger partial charge in [0.15, 0.2) is 5.82 Å². The van der Waals surface area contributed by atoms with Gasteiger partial charge in [-0.15, -0.1) is 11.3 Å². The summed E-state index contributed by atoms with van der Waals surface area (Å²) in [7, 11) is 0. The van der Waals surface area contributed by atoms with E-state index >= 15 is 0 Å². The number of hydrazine groups is 1. The Hall–Kier alpha value is -3.27. The summed E-state index contributed by atoms with van der Waals surface area (Å²) in [5.74, 6) is 2.84. The van der Waals surface area contributed by atoms with Gasteiger partial charge in [0.25, 0.3) is 0 Å². The standard InChI is InChI=1S/C24H20N6O2S/c1-2-15-16(3-1)21-19(15)20-22(26-24(27-23(20)33-21)29-9-7-25-12-29)28-30-8-6-13-4-5-17-14(10-13)11-18(31-17)32-30/h2,4-5,7,9-10,12,16,18H,1,3,6,8,11H2,(H,26,27,28). The van der Waals surface area contributed by atoms with Crippen molar-refractivity contribution in [1.82, 2.24) is 24.7 Å². The molecule has 0 fully saturated rings. The molecule has 4 aromatic rings. The van der Waals surface area contributed by atoms with Crippen molar-refractivity contribution in [2.24, 2.45) is 0 Å². The van der Waals surface area contributed by atoms with Crippen molar-refractivity contribution in [1.29, 1.82) is 0 Å². The number of hydrogen-bond acceptors (Lipinski definition) is 8. The van der Waals surface area contributed by atoms with Crippen LogP contribution in [-0.4, -0.2) is 37.5 Å². The van der Waals surface area contributed by atoms with Gasteiger partial charge in [-0.25, -0.2) is 14.8 Å². The van der Waals surface area contributed by atoms with Gasteiger partial charge in [0.2, 0.25) is 12.2 Å². The van der Waals surface area contributed by atoms with Crippen LogP contribution in [0, 0.1) is 0 Å². The Balaban J connectivity index is 1.22. The number of hydroxylamine groups is 1. The lowest BCUT2D eigenvalue weighted by atomic mass is 9.80. The average molecular weight is 457 g/mol. The van der Waals surface area contributed by atoms with E-state index in [0.717, 1.165) is 41.0 Å². The number of nitrogens with zero attached hydrogens (tertiary/aromatic N) is 5. The minimum Gasteiger partial charge on any atom is -0.463 e. The molecule has 3 aromatic heterocycles. The summed E-state index contributed by atoms with van der Waals surface area (Å²) in [6.45, 7) is 0.669. The molecule has 0 saturated heterocycles. The number of nitrogens with one attached hydrogen (secondary N) is 1. The topological polar surface area (TPSA) is 77.3 Å². The predicted molar refractivity (Wildman–Crippen MR) is 124 cm³/mol. The van der Waals surface area contributed by atoms with Gasteiger partial charge in [-0.2, -0.15) is 4.98 Å². The second-order valence-corrected chi connectivity index (χ2v) is 9.95. The molecule has 9 heteroatoms. The second kappa shape index (κ2) is 6.63. The van der Waals surface area contributed by atoms with Crippen molar-refractivity contribution in [3.63, 3.8) is 0 Å². The van der Waals surface area contributed by atoms with Crippen LogP contribution < -0.4 is 10.2 Å². The van der Waals surface area contributed by atoms with Crippen molar-refractivity contribution in [3.8, 4) is 11.7 Å². The zero-order chi connectivity index (χ0) is 21.5. The maximum Gasteiger partial charge on any atom is 0.238 e. The number of benzene rings is 1. The third kappa shape index (κ3) is 2.67. The summed E-state index contributed by atoms with van der Waals surface area (Å²) in [6, 6.07) is 6.43. The molecule has 1 aromatic carbocycles. The van der Waals surface area contributed by atoms with Crippen LogP contribution in [0.4, 0.5) is 5.82 Å². The average Bonchev–Trinajstić information content (AvgIpc) is 3.60. The molecule has 2 aliphatic carbocycles. The number of allylic oxidation sites excluding steroid dienone is 2. The SMILES string of the molecule is C1=C2c3c(sc4nc(-n5ccnc5)nc(NN5CCc6ccc7c(c6)CC(O7)O5)c34)C2CC1. The highest BCUT2D eigenvalue weighted by atomic mass is 32.1. The summed E-state index contributed by atoms with van der Waals surface area (Å²) in [6.07, 6.45) is 11.3. The summed E-state index contributed by atoms with van der Waals surface area (Å²) in [5.41, 5.74) is 8.74. The molecule has 164 valence electrons. The highest BCUT2D eigenvalue weighted by Crippen LogP contribution is 2.59. The van der Waals surface area contributed by atoms with Crippen molar-refractivity contribution >= 4 is 32.9 Å².